The van der Waals surface area contributed by atoms with Crippen LogP contribution in [0.15, 0.2) is 0 Å². The van der Waals surface area contributed by atoms with Gasteiger partial charge < -0.3 is 0 Å². The molecule has 0 bridgehead atoms. The predicted molar refractivity (Wildman–Crippen MR) is 46.5 cm³/mol. The first kappa shape index (κ1) is 10.5. The normalized spacial score (nSPS) is 26.9. The molecule has 0 amide bonds. The summed E-state index contributed by atoms with van der Waals surface area (Å²) in [6.07, 6.45) is -0.414. The standard InChI is InChI=1S/C8H12O4Se/c1-5(9)11-7-3-13-4-8(7)12-6(2)10/h7-8H,3-4H2,1-2H3/t7-,8+. The second kappa shape index (κ2) is 4.63. The van der Waals surface area contributed by atoms with Crippen molar-refractivity contribution < 1.29 is 19.1 Å². The number of carbonyl (C=O) groups is 2. The quantitative estimate of drug-likeness (QED) is 0.526. The Morgan fingerprint density at radius 2 is 1.46 bits per heavy atom. The number of carbonyl (C=O) groups excluding carboxylic acids is 2. The van der Waals surface area contributed by atoms with Crippen LogP contribution in [0, 0.1) is 0 Å². The Balaban J connectivity index is 2.43. The Morgan fingerprint density at radius 1 is 1.08 bits per heavy atom. The van der Waals surface area contributed by atoms with E-state index in [0.717, 1.165) is 10.6 Å². The molecule has 1 fully saturated rings. The van der Waals surface area contributed by atoms with Gasteiger partial charge in [-0.3, -0.25) is 0 Å². The van der Waals surface area contributed by atoms with Crippen LogP contribution < -0.4 is 0 Å². The van der Waals surface area contributed by atoms with Crippen molar-refractivity contribution in [3.63, 3.8) is 0 Å². The van der Waals surface area contributed by atoms with Gasteiger partial charge in [0.2, 0.25) is 0 Å². The van der Waals surface area contributed by atoms with Gasteiger partial charge in [-0.1, -0.05) is 0 Å². The summed E-state index contributed by atoms with van der Waals surface area (Å²) in [6.45, 7) is 2.74. The summed E-state index contributed by atoms with van der Waals surface area (Å²) >= 11 is 0.431. The molecular formula is C8H12O4Se. The van der Waals surface area contributed by atoms with Gasteiger partial charge in [-0.05, 0) is 0 Å². The minimum absolute atomic E-state index is 0.207. The van der Waals surface area contributed by atoms with Crippen molar-refractivity contribution in [3.05, 3.63) is 0 Å². The minimum atomic E-state index is -0.306. The number of ether oxygens (including phenoxy) is 2. The van der Waals surface area contributed by atoms with Gasteiger partial charge >= 0.3 is 82.7 Å². The van der Waals surface area contributed by atoms with E-state index in [-0.39, 0.29) is 24.1 Å². The molecule has 0 aromatic heterocycles. The molecule has 0 spiro atoms. The van der Waals surface area contributed by atoms with Crippen molar-refractivity contribution in [1.82, 2.24) is 0 Å². The molecule has 0 saturated carbocycles. The van der Waals surface area contributed by atoms with Gasteiger partial charge in [-0.15, -0.1) is 0 Å². The van der Waals surface area contributed by atoms with Gasteiger partial charge in [0.25, 0.3) is 0 Å². The Bertz CT molecular complexity index is 194. The van der Waals surface area contributed by atoms with Crippen LogP contribution >= 0.6 is 0 Å². The van der Waals surface area contributed by atoms with Gasteiger partial charge in [0.15, 0.2) is 0 Å². The van der Waals surface area contributed by atoms with E-state index in [1.54, 1.807) is 0 Å². The first-order valence-corrected chi connectivity index (χ1v) is 6.44. The Labute approximate surface area is 83.1 Å². The van der Waals surface area contributed by atoms with E-state index in [9.17, 15) is 9.59 Å². The fourth-order valence-corrected chi connectivity index (χ4v) is 3.61. The van der Waals surface area contributed by atoms with E-state index in [0.29, 0.717) is 15.0 Å². The SMILES string of the molecule is CC(=O)O[C@H]1C[Se]C[C@H]1OC(C)=O. The Morgan fingerprint density at radius 3 is 1.77 bits per heavy atom. The topological polar surface area (TPSA) is 52.6 Å². The summed E-state index contributed by atoms with van der Waals surface area (Å²) in [6, 6.07) is 0. The molecule has 1 rings (SSSR count). The van der Waals surface area contributed by atoms with Crippen molar-refractivity contribution in [2.75, 3.05) is 0 Å². The van der Waals surface area contributed by atoms with Crippen LogP contribution in [0.2, 0.25) is 10.6 Å². The Kier molecular flexibility index (Phi) is 3.75. The third kappa shape index (κ3) is 3.36. The molecule has 0 aromatic rings. The van der Waals surface area contributed by atoms with Crippen molar-refractivity contribution in [2.45, 2.75) is 36.7 Å². The van der Waals surface area contributed by atoms with Crippen molar-refractivity contribution in [2.24, 2.45) is 0 Å². The van der Waals surface area contributed by atoms with Gasteiger partial charge in [-0.2, -0.15) is 0 Å². The summed E-state index contributed by atoms with van der Waals surface area (Å²) in [4.78, 5) is 21.4. The summed E-state index contributed by atoms with van der Waals surface area (Å²) in [7, 11) is 0. The van der Waals surface area contributed by atoms with E-state index in [2.05, 4.69) is 0 Å². The second-order valence-corrected chi connectivity index (χ2v) is 5.09. The van der Waals surface area contributed by atoms with E-state index in [1.165, 1.54) is 13.8 Å². The molecule has 13 heavy (non-hydrogen) atoms. The molecule has 0 N–H and O–H groups in total. The zero-order chi connectivity index (χ0) is 9.84. The number of rotatable bonds is 2. The average Bonchev–Trinajstić information content (AvgIpc) is 2.34. The monoisotopic (exact) mass is 252 g/mol. The second-order valence-electron chi connectivity index (χ2n) is 2.83. The van der Waals surface area contributed by atoms with E-state index >= 15 is 0 Å². The number of hydrogen-bond donors (Lipinski definition) is 0. The number of esters is 2. The summed E-state index contributed by atoms with van der Waals surface area (Å²) in [5, 5.41) is 1.70. The van der Waals surface area contributed by atoms with Gasteiger partial charge in [-0.25, -0.2) is 0 Å². The molecule has 2 atom stereocenters. The molecule has 0 aromatic carbocycles. The molecule has 1 aliphatic rings. The summed E-state index contributed by atoms with van der Waals surface area (Å²) in [5.74, 6) is -0.611. The average molecular weight is 251 g/mol. The zero-order valence-electron chi connectivity index (χ0n) is 7.61. The van der Waals surface area contributed by atoms with Crippen LogP contribution in [0.3, 0.4) is 0 Å². The predicted octanol–water partition coefficient (Wildman–Crippen LogP) is 0.404. The maximum atomic E-state index is 10.7. The first-order valence-electron chi connectivity index (χ1n) is 4.02. The third-order valence-electron chi connectivity index (χ3n) is 1.61. The van der Waals surface area contributed by atoms with Crippen LogP contribution in [-0.4, -0.2) is 39.1 Å². The molecule has 0 aliphatic carbocycles. The molecule has 0 radical (unpaired) electrons. The molecule has 4 nitrogen and oxygen atoms in total. The van der Waals surface area contributed by atoms with Crippen LogP contribution in [-0.2, 0) is 19.1 Å². The van der Waals surface area contributed by atoms with E-state index < -0.39 is 0 Å². The Hall–Kier alpha value is -0.541. The molecular weight excluding hydrogens is 239 g/mol. The van der Waals surface area contributed by atoms with Gasteiger partial charge in [0.1, 0.15) is 0 Å². The fraction of sp³-hybridized carbons (Fsp3) is 0.750. The summed E-state index contributed by atoms with van der Waals surface area (Å²) < 4.78 is 10.0. The van der Waals surface area contributed by atoms with Crippen LogP contribution in [0.4, 0.5) is 0 Å². The van der Waals surface area contributed by atoms with Crippen molar-refractivity contribution in [3.8, 4) is 0 Å². The van der Waals surface area contributed by atoms with Crippen LogP contribution in [0.5, 0.6) is 0 Å². The molecule has 5 heteroatoms. The van der Waals surface area contributed by atoms with Crippen LogP contribution in [0.25, 0.3) is 0 Å². The molecule has 0 unspecified atom stereocenters. The summed E-state index contributed by atoms with van der Waals surface area (Å²) in [5.41, 5.74) is 0. The molecule has 1 heterocycles. The third-order valence-corrected chi connectivity index (χ3v) is 3.98. The van der Waals surface area contributed by atoms with E-state index in [1.807, 2.05) is 0 Å². The van der Waals surface area contributed by atoms with Gasteiger partial charge in [0.05, 0.1) is 0 Å². The molecule has 1 aliphatic heterocycles. The van der Waals surface area contributed by atoms with E-state index in [4.69, 9.17) is 9.47 Å². The van der Waals surface area contributed by atoms with Crippen molar-refractivity contribution in [1.29, 1.82) is 0 Å². The molecule has 74 valence electrons. The number of hydrogen-bond acceptors (Lipinski definition) is 4. The van der Waals surface area contributed by atoms with Gasteiger partial charge in [0, 0.05) is 0 Å². The fourth-order valence-electron chi connectivity index (χ4n) is 1.16. The van der Waals surface area contributed by atoms with Crippen molar-refractivity contribution >= 4 is 26.9 Å². The maximum absolute atomic E-state index is 10.7. The zero-order valence-corrected chi connectivity index (χ0v) is 9.32. The first-order chi connectivity index (χ1) is 6.09. The van der Waals surface area contributed by atoms with Crippen LogP contribution in [0.1, 0.15) is 13.8 Å². The molecule has 1 saturated heterocycles.